The first-order valence-electron chi connectivity index (χ1n) is 4.05. The summed E-state index contributed by atoms with van der Waals surface area (Å²) >= 11 is 5.86. The van der Waals surface area contributed by atoms with Crippen molar-refractivity contribution in [2.45, 2.75) is 6.92 Å². The number of carbonyl (C=O) groups is 1. The van der Waals surface area contributed by atoms with E-state index in [2.05, 4.69) is 11.7 Å². The van der Waals surface area contributed by atoms with Crippen LogP contribution >= 0.6 is 11.6 Å². The van der Waals surface area contributed by atoms with Crippen molar-refractivity contribution in [1.29, 1.82) is 0 Å². The van der Waals surface area contributed by atoms with Crippen LogP contribution in [0.5, 0.6) is 0 Å². The molecule has 0 saturated heterocycles. The predicted octanol–water partition coefficient (Wildman–Crippen LogP) is 1.72. The molecule has 14 heavy (non-hydrogen) atoms. The Bertz CT molecular complexity index is 371. The molecule has 0 aromatic carbocycles. The minimum absolute atomic E-state index is 0.170. The van der Waals surface area contributed by atoms with Crippen LogP contribution in [0.25, 0.3) is 0 Å². The molecule has 0 radical (unpaired) electrons. The van der Waals surface area contributed by atoms with E-state index in [1.807, 2.05) is 0 Å². The number of ether oxygens (including phenoxy) is 1. The van der Waals surface area contributed by atoms with Gasteiger partial charge in [0.1, 0.15) is 17.3 Å². The maximum Gasteiger partial charge on any atom is 0.343 e. The molecule has 0 amide bonds. The minimum atomic E-state index is -0.472. The van der Waals surface area contributed by atoms with Gasteiger partial charge in [-0.3, -0.25) is 4.68 Å². The molecule has 1 rings (SSSR count). The zero-order valence-electron chi connectivity index (χ0n) is 8.08. The van der Waals surface area contributed by atoms with Gasteiger partial charge in [-0.2, -0.15) is 5.10 Å². The van der Waals surface area contributed by atoms with Crippen molar-refractivity contribution in [3.63, 3.8) is 0 Å². The fourth-order valence-electron chi connectivity index (χ4n) is 1.07. The average Bonchev–Trinajstić information content (AvgIpc) is 2.38. The summed E-state index contributed by atoms with van der Waals surface area (Å²) in [5.74, 6) is -0.472. The lowest BCUT2D eigenvalue weighted by Gasteiger charge is -2.00. The Hall–Kier alpha value is -1.29. The monoisotopic (exact) mass is 214 g/mol. The van der Waals surface area contributed by atoms with Gasteiger partial charge in [-0.1, -0.05) is 24.3 Å². The summed E-state index contributed by atoms with van der Waals surface area (Å²) in [6.45, 7) is 5.32. The predicted molar refractivity (Wildman–Crippen MR) is 53.4 cm³/mol. The number of nitrogens with zero attached hydrogens (tertiary/aromatic N) is 2. The highest BCUT2D eigenvalue weighted by Gasteiger charge is 2.19. The molecular weight excluding hydrogens is 204 g/mol. The Morgan fingerprint density at radius 1 is 1.79 bits per heavy atom. The first-order valence-corrected chi connectivity index (χ1v) is 4.42. The SMILES string of the molecule is C=CCOC(=O)c1c(C)nn(C)c1Cl. The van der Waals surface area contributed by atoms with Gasteiger partial charge in [0.05, 0.1) is 5.69 Å². The first kappa shape index (κ1) is 10.8. The molecule has 4 nitrogen and oxygen atoms in total. The molecule has 0 aliphatic carbocycles. The van der Waals surface area contributed by atoms with Crippen molar-refractivity contribution >= 4 is 17.6 Å². The third-order valence-electron chi connectivity index (χ3n) is 1.69. The van der Waals surface area contributed by atoms with Gasteiger partial charge in [0.2, 0.25) is 0 Å². The van der Waals surface area contributed by atoms with Gasteiger partial charge in [0.15, 0.2) is 0 Å². The van der Waals surface area contributed by atoms with Crippen molar-refractivity contribution in [3.05, 3.63) is 29.1 Å². The van der Waals surface area contributed by atoms with E-state index in [0.717, 1.165) is 0 Å². The van der Waals surface area contributed by atoms with E-state index in [0.29, 0.717) is 11.3 Å². The number of carbonyl (C=O) groups excluding carboxylic acids is 1. The Morgan fingerprint density at radius 2 is 2.43 bits per heavy atom. The van der Waals surface area contributed by atoms with Crippen molar-refractivity contribution in [2.75, 3.05) is 6.61 Å². The van der Waals surface area contributed by atoms with Gasteiger partial charge in [-0.25, -0.2) is 4.79 Å². The standard InChI is InChI=1S/C9H11ClN2O2/c1-4-5-14-9(13)7-6(2)11-12(3)8(7)10/h4H,1,5H2,2-3H3. The molecule has 0 bridgehead atoms. The van der Waals surface area contributed by atoms with Crippen LogP contribution in [0.15, 0.2) is 12.7 Å². The van der Waals surface area contributed by atoms with E-state index in [1.54, 1.807) is 14.0 Å². The van der Waals surface area contributed by atoms with Gasteiger partial charge in [-0.05, 0) is 6.92 Å². The molecule has 0 aliphatic heterocycles. The maximum atomic E-state index is 11.5. The molecular formula is C9H11ClN2O2. The number of aryl methyl sites for hydroxylation is 2. The number of hydrogen-bond donors (Lipinski definition) is 0. The van der Waals surface area contributed by atoms with Crippen LogP contribution in [0.1, 0.15) is 16.1 Å². The fourth-order valence-corrected chi connectivity index (χ4v) is 1.32. The maximum absolute atomic E-state index is 11.5. The van der Waals surface area contributed by atoms with Crippen LogP contribution < -0.4 is 0 Å². The molecule has 0 spiro atoms. The molecule has 0 aliphatic rings. The molecule has 0 N–H and O–H groups in total. The second kappa shape index (κ2) is 4.28. The summed E-state index contributed by atoms with van der Waals surface area (Å²) in [6, 6.07) is 0. The van der Waals surface area contributed by atoms with E-state index in [1.165, 1.54) is 10.8 Å². The highest BCUT2D eigenvalue weighted by molar-refractivity contribution is 6.32. The lowest BCUT2D eigenvalue weighted by Crippen LogP contribution is -2.06. The lowest BCUT2D eigenvalue weighted by atomic mass is 10.3. The smallest absolute Gasteiger partial charge is 0.343 e. The average molecular weight is 215 g/mol. The van der Waals surface area contributed by atoms with Crippen LogP contribution in [0, 0.1) is 6.92 Å². The number of halogens is 1. The van der Waals surface area contributed by atoms with Gasteiger partial charge >= 0.3 is 5.97 Å². The highest BCUT2D eigenvalue weighted by atomic mass is 35.5. The van der Waals surface area contributed by atoms with Crippen molar-refractivity contribution in [2.24, 2.45) is 7.05 Å². The van der Waals surface area contributed by atoms with E-state index < -0.39 is 5.97 Å². The van der Waals surface area contributed by atoms with Crippen LogP contribution in [0.2, 0.25) is 5.15 Å². The Morgan fingerprint density at radius 3 is 2.86 bits per heavy atom. The van der Waals surface area contributed by atoms with Gasteiger partial charge in [0.25, 0.3) is 0 Å². The van der Waals surface area contributed by atoms with Crippen LogP contribution in [0.4, 0.5) is 0 Å². The Kier molecular flexibility index (Phi) is 3.30. The molecule has 0 saturated carbocycles. The second-order valence-corrected chi connectivity index (χ2v) is 3.12. The number of aromatic nitrogens is 2. The summed E-state index contributed by atoms with van der Waals surface area (Å²) < 4.78 is 6.29. The zero-order chi connectivity index (χ0) is 10.7. The summed E-state index contributed by atoms with van der Waals surface area (Å²) in [5, 5.41) is 4.29. The Balaban J connectivity index is 2.94. The van der Waals surface area contributed by atoms with Crippen molar-refractivity contribution < 1.29 is 9.53 Å². The summed E-state index contributed by atoms with van der Waals surface area (Å²) in [4.78, 5) is 11.5. The summed E-state index contributed by atoms with van der Waals surface area (Å²) in [5.41, 5.74) is 0.877. The third-order valence-corrected chi connectivity index (χ3v) is 2.12. The normalized spacial score (nSPS) is 9.93. The van der Waals surface area contributed by atoms with E-state index in [9.17, 15) is 4.79 Å². The molecule has 1 heterocycles. The van der Waals surface area contributed by atoms with Gasteiger partial charge in [-0.15, -0.1) is 0 Å². The third kappa shape index (κ3) is 1.96. The van der Waals surface area contributed by atoms with E-state index in [4.69, 9.17) is 16.3 Å². The van der Waals surface area contributed by atoms with E-state index >= 15 is 0 Å². The fraction of sp³-hybridized carbons (Fsp3) is 0.333. The van der Waals surface area contributed by atoms with Crippen molar-refractivity contribution in [3.8, 4) is 0 Å². The number of hydrogen-bond acceptors (Lipinski definition) is 3. The molecule has 0 unspecified atom stereocenters. The quantitative estimate of drug-likeness (QED) is 0.569. The lowest BCUT2D eigenvalue weighted by molar-refractivity contribution is 0.0549. The zero-order valence-corrected chi connectivity index (χ0v) is 8.84. The van der Waals surface area contributed by atoms with Crippen LogP contribution in [0.3, 0.4) is 0 Å². The Labute approximate surface area is 87.1 Å². The molecule has 0 fully saturated rings. The topological polar surface area (TPSA) is 44.1 Å². The van der Waals surface area contributed by atoms with Crippen LogP contribution in [-0.4, -0.2) is 22.4 Å². The van der Waals surface area contributed by atoms with Gasteiger partial charge < -0.3 is 4.74 Å². The first-order chi connectivity index (χ1) is 6.57. The summed E-state index contributed by atoms with van der Waals surface area (Å²) in [7, 11) is 1.67. The van der Waals surface area contributed by atoms with Crippen molar-refractivity contribution in [1.82, 2.24) is 9.78 Å². The number of esters is 1. The second-order valence-electron chi connectivity index (χ2n) is 2.76. The highest BCUT2D eigenvalue weighted by Crippen LogP contribution is 2.19. The van der Waals surface area contributed by atoms with Gasteiger partial charge in [0, 0.05) is 7.05 Å². The van der Waals surface area contributed by atoms with E-state index in [-0.39, 0.29) is 11.8 Å². The summed E-state index contributed by atoms with van der Waals surface area (Å²) in [6.07, 6.45) is 1.50. The number of rotatable bonds is 3. The molecule has 76 valence electrons. The van der Waals surface area contributed by atoms with Crippen LogP contribution in [-0.2, 0) is 11.8 Å². The molecule has 1 aromatic rings. The molecule has 1 aromatic heterocycles. The minimum Gasteiger partial charge on any atom is -0.458 e. The molecule has 5 heteroatoms. The molecule has 0 atom stereocenters. The largest absolute Gasteiger partial charge is 0.458 e.